The molecule has 0 bridgehead atoms. The second-order valence-corrected chi connectivity index (χ2v) is 7.79. The Morgan fingerprint density at radius 1 is 1.27 bits per heavy atom. The predicted molar refractivity (Wildman–Crippen MR) is 88.2 cm³/mol. The summed E-state index contributed by atoms with van der Waals surface area (Å²) in [5.74, 6) is -0.0349. The largest absolute Gasteiger partial charge is 0.351 e. The van der Waals surface area contributed by atoms with Gasteiger partial charge in [-0.05, 0) is 45.0 Å². The molecule has 0 aliphatic rings. The van der Waals surface area contributed by atoms with Gasteiger partial charge in [0.2, 0.25) is 11.0 Å². The first-order valence-corrected chi connectivity index (χ1v) is 8.42. The Morgan fingerprint density at radius 3 is 2.59 bits per heavy atom. The Morgan fingerprint density at radius 2 is 1.95 bits per heavy atom. The Bertz CT molecular complexity index is 637. The minimum atomic E-state index is -0.288. The van der Waals surface area contributed by atoms with Gasteiger partial charge in [-0.3, -0.25) is 4.79 Å². The lowest BCUT2D eigenvalue weighted by Crippen LogP contribution is -2.41. The first-order valence-electron chi connectivity index (χ1n) is 6.62. The van der Waals surface area contributed by atoms with Crippen molar-refractivity contribution in [3.05, 3.63) is 30.1 Å². The molecule has 8 heteroatoms. The first kappa shape index (κ1) is 16.7. The van der Waals surface area contributed by atoms with Crippen molar-refractivity contribution in [1.29, 1.82) is 0 Å². The van der Waals surface area contributed by atoms with Gasteiger partial charge in [-0.2, -0.15) is 0 Å². The van der Waals surface area contributed by atoms with Crippen molar-refractivity contribution >= 4 is 39.8 Å². The zero-order valence-corrected chi connectivity index (χ0v) is 14.1. The maximum atomic E-state index is 12.8. The summed E-state index contributed by atoms with van der Waals surface area (Å²) in [5, 5.41) is 14.5. The number of aromatic nitrogens is 2. The number of hydrogen-bond acceptors (Lipinski definition) is 6. The lowest BCUT2D eigenvalue weighted by molar-refractivity contribution is -0.119. The second kappa shape index (κ2) is 7.06. The standard InChI is InChI=1S/C14H17FN4OS2/c1-14(2,3)17-11(20)8-21-13-19-18-12(22-13)16-10-6-4-9(15)5-7-10/h4-7H,8H2,1-3H3,(H,16,18)(H,17,20). The van der Waals surface area contributed by atoms with Crippen molar-refractivity contribution in [3.8, 4) is 0 Å². The van der Waals surface area contributed by atoms with Crippen molar-refractivity contribution in [2.24, 2.45) is 0 Å². The number of hydrogen-bond donors (Lipinski definition) is 2. The van der Waals surface area contributed by atoms with Crippen molar-refractivity contribution in [2.45, 2.75) is 30.6 Å². The minimum absolute atomic E-state index is 0.0410. The van der Waals surface area contributed by atoms with E-state index in [-0.39, 0.29) is 17.3 Å². The van der Waals surface area contributed by atoms with E-state index in [1.54, 1.807) is 12.1 Å². The molecule has 1 aromatic carbocycles. The summed E-state index contributed by atoms with van der Waals surface area (Å²) in [6.07, 6.45) is 0. The van der Waals surface area contributed by atoms with Crippen molar-refractivity contribution in [2.75, 3.05) is 11.1 Å². The molecule has 2 N–H and O–H groups in total. The fourth-order valence-corrected chi connectivity index (χ4v) is 3.13. The van der Waals surface area contributed by atoms with Crippen LogP contribution in [0.25, 0.3) is 0 Å². The van der Waals surface area contributed by atoms with Crippen LogP contribution in [0, 0.1) is 5.82 Å². The van der Waals surface area contributed by atoms with Gasteiger partial charge in [0, 0.05) is 11.2 Å². The Kier molecular flexibility index (Phi) is 5.36. The van der Waals surface area contributed by atoms with Crippen molar-refractivity contribution < 1.29 is 9.18 Å². The quantitative estimate of drug-likeness (QED) is 0.816. The number of anilines is 2. The maximum absolute atomic E-state index is 12.8. The van der Waals surface area contributed by atoms with E-state index in [9.17, 15) is 9.18 Å². The highest BCUT2D eigenvalue weighted by atomic mass is 32.2. The number of nitrogens with one attached hydrogen (secondary N) is 2. The van der Waals surface area contributed by atoms with Gasteiger partial charge in [-0.25, -0.2) is 4.39 Å². The summed E-state index contributed by atoms with van der Waals surface area (Å²) < 4.78 is 13.5. The summed E-state index contributed by atoms with van der Waals surface area (Å²) in [4.78, 5) is 11.7. The number of nitrogens with zero attached hydrogens (tertiary/aromatic N) is 2. The number of benzene rings is 1. The van der Waals surface area contributed by atoms with Crippen LogP contribution in [-0.4, -0.2) is 27.4 Å². The summed E-state index contributed by atoms with van der Waals surface area (Å²) >= 11 is 2.68. The van der Waals surface area contributed by atoms with E-state index in [1.165, 1.54) is 35.2 Å². The average Bonchev–Trinajstić information content (AvgIpc) is 2.85. The molecule has 2 aromatic rings. The number of rotatable bonds is 5. The summed E-state index contributed by atoms with van der Waals surface area (Å²) in [6.45, 7) is 5.81. The molecule has 0 aliphatic carbocycles. The molecule has 0 spiro atoms. The van der Waals surface area contributed by atoms with Crippen LogP contribution < -0.4 is 10.6 Å². The van der Waals surface area contributed by atoms with Crippen molar-refractivity contribution in [3.63, 3.8) is 0 Å². The highest BCUT2D eigenvalue weighted by Gasteiger charge is 2.14. The number of thioether (sulfide) groups is 1. The van der Waals surface area contributed by atoms with Gasteiger partial charge in [0.05, 0.1) is 5.75 Å². The zero-order valence-electron chi connectivity index (χ0n) is 12.5. The molecule has 118 valence electrons. The highest BCUT2D eigenvalue weighted by Crippen LogP contribution is 2.27. The molecule has 1 aromatic heterocycles. The number of carbonyl (C=O) groups excluding carboxylic acids is 1. The molecule has 2 rings (SSSR count). The molecule has 1 amide bonds. The number of halogens is 1. The lowest BCUT2D eigenvalue weighted by atomic mass is 10.1. The van der Waals surface area contributed by atoms with Crippen LogP contribution in [0.4, 0.5) is 15.2 Å². The molecule has 0 unspecified atom stereocenters. The van der Waals surface area contributed by atoms with E-state index >= 15 is 0 Å². The van der Waals surface area contributed by atoms with E-state index < -0.39 is 0 Å². The third kappa shape index (κ3) is 5.61. The Hall–Kier alpha value is -1.67. The molecule has 0 atom stereocenters. The topological polar surface area (TPSA) is 66.9 Å². The van der Waals surface area contributed by atoms with E-state index in [2.05, 4.69) is 20.8 Å². The lowest BCUT2D eigenvalue weighted by Gasteiger charge is -2.19. The van der Waals surface area contributed by atoms with E-state index in [0.717, 1.165) is 5.69 Å². The molecular formula is C14H17FN4OS2. The number of carbonyl (C=O) groups is 1. The second-order valence-electron chi connectivity index (χ2n) is 5.59. The van der Waals surface area contributed by atoms with Crippen LogP contribution in [0.2, 0.25) is 0 Å². The van der Waals surface area contributed by atoms with E-state index in [4.69, 9.17) is 0 Å². The highest BCUT2D eigenvalue weighted by molar-refractivity contribution is 8.01. The monoisotopic (exact) mass is 340 g/mol. The molecule has 22 heavy (non-hydrogen) atoms. The molecule has 0 radical (unpaired) electrons. The van der Waals surface area contributed by atoms with E-state index in [0.29, 0.717) is 15.2 Å². The maximum Gasteiger partial charge on any atom is 0.230 e. The fourth-order valence-electron chi connectivity index (χ4n) is 1.56. The normalized spacial score (nSPS) is 11.3. The molecule has 5 nitrogen and oxygen atoms in total. The first-order chi connectivity index (χ1) is 10.3. The van der Waals surface area contributed by atoms with Gasteiger partial charge in [0.25, 0.3) is 0 Å². The van der Waals surface area contributed by atoms with Crippen LogP contribution in [0.15, 0.2) is 28.6 Å². The van der Waals surface area contributed by atoms with Gasteiger partial charge in [-0.15, -0.1) is 10.2 Å². The molecule has 0 fully saturated rings. The minimum Gasteiger partial charge on any atom is -0.351 e. The third-order valence-electron chi connectivity index (χ3n) is 2.34. The van der Waals surface area contributed by atoms with Crippen molar-refractivity contribution in [1.82, 2.24) is 15.5 Å². The summed E-state index contributed by atoms with van der Waals surface area (Å²) in [5.41, 5.74) is 0.494. The third-order valence-corrected chi connectivity index (χ3v) is 4.32. The van der Waals surface area contributed by atoms with Crippen LogP contribution in [0.5, 0.6) is 0 Å². The van der Waals surface area contributed by atoms with Gasteiger partial charge in [-0.1, -0.05) is 23.1 Å². The predicted octanol–water partition coefficient (Wildman–Crippen LogP) is 3.43. The SMILES string of the molecule is CC(C)(C)NC(=O)CSc1nnc(Nc2ccc(F)cc2)s1. The van der Waals surface area contributed by atoms with Crippen LogP contribution in [-0.2, 0) is 4.79 Å². The van der Waals surface area contributed by atoms with Crippen LogP contribution in [0.1, 0.15) is 20.8 Å². The number of amides is 1. The Balaban J connectivity index is 1.86. The van der Waals surface area contributed by atoms with Gasteiger partial charge >= 0.3 is 0 Å². The van der Waals surface area contributed by atoms with Crippen LogP contribution in [0.3, 0.4) is 0 Å². The molecule has 0 saturated heterocycles. The summed E-state index contributed by atoms with van der Waals surface area (Å²) in [6, 6.07) is 5.99. The molecule has 0 aliphatic heterocycles. The van der Waals surface area contributed by atoms with E-state index in [1.807, 2.05) is 20.8 Å². The summed E-state index contributed by atoms with van der Waals surface area (Å²) in [7, 11) is 0. The molecule has 1 heterocycles. The van der Waals surface area contributed by atoms with Gasteiger partial charge in [0.15, 0.2) is 4.34 Å². The molecular weight excluding hydrogens is 323 g/mol. The fraction of sp³-hybridized carbons (Fsp3) is 0.357. The zero-order chi connectivity index (χ0) is 16.2. The molecule has 0 saturated carbocycles. The smallest absolute Gasteiger partial charge is 0.230 e. The van der Waals surface area contributed by atoms with Crippen LogP contribution >= 0.6 is 23.1 Å². The van der Waals surface area contributed by atoms with Gasteiger partial charge < -0.3 is 10.6 Å². The van der Waals surface area contributed by atoms with Gasteiger partial charge in [0.1, 0.15) is 5.82 Å². The average molecular weight is 340 g/mol. The Labute approximate surface area is 136 Å².